The number of thioether (sulfide) groups is 1. The Balaban J connectivity index is 1.91. The van der Waals surface area contributed by atoms with Crippen molar-refractivity contribution in [2.45, 2.75) is 44.1 Å². The van der Waals surface area contributed by atoms with Crippen LogP contribution in [-0.4, -0.2) is 40.0 Å². The average Bonchev–Trinajstić information content (AvgIpc) is 3.25. The fraction of sp³-hybridized carbons (Fsp3) is 0.346. The number of hydrogen-bond donors (Lipinski definition) is 0. The zero-order chi connectivity index (χ0) is 24.9. The third-order valence-corrected chi connectivity index (χ3v) is 7.12. The van der Waals surface area contributed by atoms with E-state index in [1.165, 1.54) is 18.0 Å². The van der Waals surface area contributed by atoms with Crippen LogP contribution in [0.4, 0.5) is 0 Å². The highest BCUT2D eigenvalue weighted by atomic mass is 35.5. The van der Waals surface area contributed by atoms with Gasteiger partial charge in [-0.2, -0.15) is 5.10 Å². The number of aryl methyl sites for hydroxylation is 1. The van der Waals surface area contributed by atoms with Crippen LogP contribution in [0.15, 0.2) is 54.9 Å². The zero-order valence-electron chi connectivity index (χ0n) is 20.0. The van der Waals surface area contributed by atoms with Crippen LogP contribution >= 0.6 is 23.4 Å². The second-order valence-corrected chi connectivity index (χ2v) is 10.4. The molecule has 34 heavy (non-hydrogen) atoms. The molecular formula is C26H29ClN2O4S. The fourth-order valence-corrected chi connectivity index (χ4v) is 4.64. The van der Waals surface area contributed by atoms with Gasteiger partial charge in [0.2, 0.25) is 0 Å². The third-order valence-electron chi connectivity index (χ3n) is 5.53. The van der Waals surface area contributed by atoms with Gasteiger partial charge in [-0.15, -0.1) is 11.8 Å². The molecule has 1 unspecified atom stereocenters. The van der Waals surface area contributed by atoms with Crippen molar-refractivity contribution in [3.63, 3.8) is 0 Å². The van der Waals surface area contributed by atoms with Crippen molar-refractivity contribution in [2.24, 2.45) is 0 Å². The molecule has 0 radical (unpaired) electrons. The van der Waals surface area contributed by atoms with Crippen molar-refractivity contribution in [2.75, 3.05) is 13.7 Å². The van der Waals surface area contributed by atoms with Gasteiger partial charge in [0, 0.05) is 11.9 Å². The number of hydrogen-bond acceptors (Lipinski definition) is 6. The Bertz CT molecular complexity index is 1160. The predicted molar refractivity (Wildman–Crippen MR) is 136 cm³/mol. The number of Topliss-reactive ketones (excluding diaryl/α,β-unsaturated/α-hetero) is 1. The number of aromatic nitrogens is 2. The molecule has 8 heteroatoms. The highest BCUT2D eigenvalue weighted by molar-refractivity contribution is 8.00. The van der Waals surface area contributed by atoms with Gasteiger partial charge in [-0.3, -0.25) is 9.59 Å². The van der Waals surface area contributed by atoms with Crippen molar-refractivity contribution >= 4 is 35.1 Å². The van der Waals surface area contributed by atoms with E-state index in [0.29, 0.717) is 22.0 Å². The second-order valence-electron chi connectivity index (χ2n) is 8.34. The van der Waals surface area contributed by atoms with Gasteiger partial charge in [0.05, 0.1) is 35.4 Å². The van der Waals surface area contributed by atoms with E-state index in [-0.39, 0.29) is 12.4 Å². The van der Waals surface area contributed by atoms with E-state index in [2.05, 4.69) is 5.10 Å². The minimum Gasteiger partial charge on any atom is -0.497 e. The Kier molecular flexibility index (Phi) is 8.44. The number of esters is 1. The van der Waals surface area contributed by atoms with Crippen LogP contribution in [0.5, 0.6) is 5.75 Å². The lowest BCUT2D eigenvalue weighted by molar-refractivity contribution is -0.148. The molecule has 0 fully saturated rings. The van der Waals surface area contributed by atoms with E-state index in [4.69, 9.17) is 21.1 Å². The molecule has 3 rings (SSSR count). The van der Waals surface area contributed by atoms with E-state index < -0.39 is 16.6 Å². The summed E-state index contributed by atoms with van der Waals surface area (Å²) in [5.41, 5.74) is 3.20. The van der Waals surface area contributed by atoms with Crippen molar-refractivity contribution < 1.29 is 19.1 Å². The molecule has 0 spiro atoms. The lowest BCUT2D eigenvalue weighted by Crippen LogP contribution is -2.38. The summed E-state index contributed by atoms with van der Waals surface area (Å²) in [6.45, 7) is 7.50. The Hall–Kier alpha value is -2.77. The molecule has 0 N–H and O–H groups in total. The predicted octanol–water partition coefficient (Wildman–Crippen LogP) is 5.77. The highest BCUT2D eigenvalue weighted by Crippen LogP contribution is 2.37. The molecule has 0 saturated heterocycles. The summed E-state index contributed by atoms with van der Waals surface area (Å²) >= 11 is 7.52. The van der Waals surface area contributed by atoms with Crippen LogP contribution in [0.25, 0.3) is 5.69 Å². The monoisotopic (exact) mass is 500 g/mol. The van der Waals surface area contributed by atoms with Crippen molar-refractivity contribution in [3.8, 4) is 11.4 Å². The Labute approximate surface area is 209 Å². The number of rotatable bonds is 10. The maximum absolute atomic E-state index is 13.8. The number of nitrogens with zero attached hydrogens (tertiary/aromatic N) is 2. The molecule has 6 nitrogen and oxygen atoms in total. The second kappa shape index (κ2) is 11.1. The van der Waals surface area contributed by atoms with Gasteiger partial charge in [0.1, 0.15) is 11.7 Å². The van der Waals surface area contributed by atoms with Crippen molar-refractivity contribution in [1.82, 2.24) is 9.78 Å². The standard InChI is InChI=1S/C26H29ClN2O4S/c1-6-33-25(31)23(22-13-20(10-7-17(22)2)29-15-19(27)14-28-29)24(30)26(3,4)34-16-18-8-11-21(32-5)12-9-18/h7-15,23H,6,16H2,1-5H3. The normalized spacial score (nSPS) is 12.3. The molecule has 1 aromatic heterocycles. The van der Waals surface area contributed by atoms with E-state index in [1.54, 1.807) is 24.9 Å². The molecule has 0 aliphatic rings. The van der Waals surface area contributed by atoms with Gasteiger partial charge in [0.25, 0.3) is 0 Å². The molecule has 0 aliphatic heterocycles. The van der Waals surface area contributed by atoms with Gasteiger partial charge in [-0.05, 0) is 68.7 Å². The first kappa shape index (κ1) is 25.8. The van der Waals surface area contributed by atoms with Crippen LogP contribution < -0.4 is 4.74 Å². The Morgan fingerprint density at radius 3 is 2.47 bits per heavy atom. The SMILES string of the molecule is CCOC(=O)C(C(=O)C(C)(C)SCc1ccc(OC)cc1)c1cc(-n2cc(Cl)cn2)ccc1C. The number of carbonyl (C=O) groups is 2. The summed E-state index contributed by atoms with van der Waals surface area (Å²) in [4.78, 5) is 26.9. The summed E-state index contributed by atoms with van der Waals surface area (Å²) in [7, 11) is 1.62. The smallest absolute Gasteiger partial charge is 0.321 e. The average molecular weight is 501 g/mol. The summed E-state index contributed by atoms with van der Waals surface area (Å²) < 4.78 is 11.3. The van der Waals surface area contributed by atoms with E-state index >= 15 is 0 Å². The molecule has 0 saturated carbocycles. The quantitative estimate of drug-likeness (QED) is 0.260. The van der Waals surface area contributed by atoms with Crippen LogP contribution in [0.3, 0.4) is 0 Å². The van der Waals surface area contributed by atoms with Crippen LogP contribution in [-0.2, 0) is 20.1 Å². The summed E-state index contributed by atoms with van der Waals surface area (Å²) in [6.07, 6.45) is 3.21. The summed E-state index contributed by atoms with van der Waals surface area (Å²) in [6, 6.07) is 13.3. The molecule has 3 aromatic rings. The first-order valence-electron chi connectivity index (χ1n) is 10.9. The molecule has 1 atom stereocenters. The molecule has 0 aliphatic carbocycles. The zero-order valence-corrected chi connectivity index (χ0v) is 21.6. The molecule has 0 amide bonds. The minimum absolute atomic E-state index is 0.190. The molecular weight excluding hydrogens is 472 g/mol. The van der Waals surface area contributed by atoms with E-state index in [0.717, 1.165) is 16.9 Å². The number of halogens is 1. The maximum Gasteiger partial charge on any atom is 0.321 e. The maximum atomic E-state index is 13.8. The van der Waals surface area contributed by atoms with Crippen LogP contribution in [0, 0.1) is 6.92 Å². The van der Waals surface area contributed by atoms with Crippen LogP contribution in [0.2, 0.25) is 5.02 Å². The van der Waals surface area contributed by atoms with E-state index in [1.807, 2.05) is 63.2 Å². The minimum atomic E-state index is -1.05. The summed E-state index contributed by atoms with van der Waals surface area (Å²) in [5.74, 6) is -0.416. The Morgan fingerprint density at radius 1 is 1.18 bits per heavy atom. The lowest BCUT2D eigenvalue weighted by Gasteiger charge is -2.28. The lowest BCUT2D eigenvalue weighted by atomic mass is 9.85. The van der Waals surface area contributed by atoms with Gasteiger partial charge >= 0.3 is 5.97 Å². The molecule has 1 heterocycles. The number of carbonyl (C=O) groups excluding carboxylic acids is 2. The van der Waals surface area contributed by atoms with E-state index in [9.17, 15) is 9.59 Å². The third kappa shape index (κ3) is 6.02. The number of benzene rings is 2. The fourth-order valence-electron chi connectivity index (χ4n) is 3.53. The molecule has 180 valence electrons. The summed E-state index contributed by atoms with van der Waals surface area (Å²) in [5, 5.41) is 4.73. The van der Waals surface area contributed by atoms with Gasteiger partial charge in [-0.25, -0.2) is 4.68 Å². The van der Waals surface area contributed by atoms with Gasteiger partial charge in [-0.1, -0.05) is 29.8 Å². The highest BCUT2D eigenvalue weighted by Gasteiger charge is 2.40. The number of methoxy groups -OCH3 is 1. The molecule has 2 aromatic carbocycles. The number of ether oxygens (including phenoxy) is 2. The first-order chi connectivity index (χ1) is 16.2. The molecule has 0 bridgehead atoms. The topological polar surface area (TPSA) is 70.4 Å². The van der Waals surface area contributed by atoms with Gasteiger partial charge < -0.3 is 9.47 Å². The number of ketones is 1. The van der Waals surface area contributed by atoms with Crippen molar-refractivity contribution in [1.29, 1.82) is 0 Å². The Morgan fingerprint density at radius 2 is 1.88 bits per heavy atom. The van der Waals surface area contributed by atoms with Crippen molar-refractivity contribution in [3.05, 3.63) is 76.6 Å². The van der Waals surface area contributed by atoms with Gasteiger partial charge in [0.15, 0.2) is 5.78 Å². The first-order valence-corrected chi connectivity index (χ1v) is 12.3. The van der Waals surface area contributed by atoms with Crippen LogP contribution in [0.1, 0.15) is 43.4 Å². The largest absolute Gasteiger partial charge is 0.497 e.